The van der Waals surface area contributed by atoms with Gasteiger partial charge in [0.15, 0.2) is 0 Å². The number of hydrogen-bond donors (Lipinski definition) is 1. The van der Waals surface area contributed by atoms with Crippen molar-refractivity contribution in [3.63, 3.8) is 0 Å². The van der Waals surface area contributed by atoms with Gasteiger partial charge >= 0.3 is 0 Å². The smallest absolute Gasteiger partial charge is 0.122 e. The van der Waals surface area contributed by atoms with E-state index in [1.165, 1.54) is 5.56 Å². The molecular formula is C12H19N5. The first-order valence-corrected chi connectivity index (χ1v) is 5.98. The molecule has 0 aliphatic rings. The third kappa shape index (κ3) is 3.17. The zero-order valence-corrected chi connectivity index (χ0v) is 10.4. The van der Waals surface area contributed by atoms with Crippen LogP contribution < -0.4 is 5.32 Å². The Labute approximate surface area is 101 Å². The molecule has 0 aliphatic carbocycles. The number of aromatic nitrogens is 4. The molecule has 2 rings (SSSR count). The van der Waals surface area contributed by atoms with Crippen LogP contribution in [0.25, 0.3) is 0 Å². The molecule has 0 saturated carbocycles. The predicted molar refractivity (Wildman–Crippen MR) is 66.3 cm³/mol. The van der Waals surface area contributed by atoms with Crippen LogP contribution in [0.2, 0.25) is 0 Å². The van der Waals surface area contributed by atoms with E-state index in [0.29, 0.717) is 0 Å². The monoisotopic (exact) mass is 233 g/mol. The standard InChI is InChI=1S/C12H19N5/c1-3-5-17-6-4-14-12(17)9-13-7-11-8-15-16(2)10-11/h4,6,8,10,13H,3,5,7,9H2,1-2H3. The summed E-state index contributed by atoms with van der Waals surface area (Å²) in [6, 6.07) is 0. The van der Waals surface area contributed by atoms with Crippen molar-refractivity contribution in [3.05, 3.63) is 36.2 Å². The lowest BCUT2D eigenvalue weighted by molar-refractivity contribution is 0.588. The van der Waals surface area contributed by atoms with Gasteiger partial charge in [-0.3, -0.25) is 4.68 Å². The molecule has 5 nitrogen and oxygen atoms in total. The molecule has 0 radical (unpaired) electrons. The molecule has 2 aromatic heterocycles. The number of nitrogens with one attached hydrogen (secondary N) is 1. The molecule has 5 heteroatoms. The van der Waals surface area contributed by atoms with E-state index in [2.05, 4.69) is 26.9 Å². The molecule has 17 heavy (non-hydrogen) atoms. The Morgan fingerprint density at radius 1 is 1.35 bits per heavy atom. The van der Waals surface area contributed by atoms with E-state index in [4.69, 9.17) is 0 Å². The molecule has 0 amide bonds. The van der Waals surface area contributed by atoms with E-state index in [1.807, 2.05) is 36.5 Å². The molecule has 0 saturated heterocycles. The molecule has 2 aromatic rings. The molecule has 0 bridgehead atoms. The Bertz CT molecular complexity index is 457. The summed E-state index contributed by atoms with van der Waals surface area (Å²) in [4.78, 5) is 4.35. The average molecular weight is 233 g/mol. The maximum atomic E-state index is 4.35. The number of nitrogens with zero attached hydrogens (tertiary/aromatic N) is 4. The van der Waals surface area contributed by atoms with E-state index in [1.54, 1.807) is 0 Å². The summed E-state index contributed by atoms with van der Waals surface area (Å²) in [7, 11) is 1.93. The Hall–Kier alpha value is -1.62. The number of hydrogen-bond acceptors (Lipinski definition) is 3. The number of aryl methyl sites for hydroxylation is 2. The molecular weight excluding hydrogens is 214 g/mol. The number of rotatable bonds is 6. The predicted octanol–water partition coefficient (Wildman–Crippen LogP) is 1.32. The van der Waals surface area contributed by atoms with Gasteiger partial charge in [0, 0.05) is 44.3 Å². The lowest BCUT2D eigenvalue weighted by atomic mass is 10.3. The molecule has 0 aromatic carbocycles. The van der Waals surface area contributed by atoms with E-state index in [0.717, 1.165) is 31.9 Å². The fourth-order valence-electron chi connectivity index (χ4n) is 1.83. The molecule has 0 spiro atoms. The third-order valence-electron chi connectivity index (χ3n) is 2.64. The molecule has 2 heterocycles. The highest BCUT2D eigenvalue weighted by Gasteiger charge is 2.01. The normalized spacial score (nSPS) is 10.9. The highest BCUT2D eigenvalue weighted by Crippen LogP contribution is 2.00. The maximum absolute atomic E-state index is 4.35. The summed E-state index contributed by atoms with van der Waals surface area (Å²) < 4.78 is 4.01. The van der Waals surface area contributed by atoms with E-state index < -0.39 is 0 Å². The summed E-state index contributed by atoms with van der Waals surface area (Å²) >= 11 is 0. The molecule has 0 aliphatic heterocycles. The van der Waals surface area contributed by atoms with Gasteiger partial charge in [0.05, 0.1) is 12.7 Å². The van der Waals surface area contributed by atoms with Crippen LogP contribution >= 0.6 is 0 Å². The van der Waals surface area contributed by atoms with Crippen LogP contribution in [0, 0.1) is 0 Å². The van der Waals surface area contributed by atoms with Gasteiger partial charge in [-0.15, -0.1) is 0 Å². The first-order chi connectivity index (χ1) is 8.29. The highest BCUT2D eigenvalue weighted by molar-refractivity contribution is 5.03. The van der Waals surface area contributed by atoms with E-state index in [-0.39, 0.29) is 0 Å². The summed E-state index contributed by atoms with van der Waals surface area (Å²) in [6.07, 6.45) is 8.92. The Balaban J connectivity index is 1.83. The van der Waals surface area contributed by atoms with Gasteiger partial charge in [-0.25, -0.2) is 4.98 Å². The van der Waals surface area contributed by atoms with E-state index in [9.17, 15) is 0 Å². The number of imidazole rings is 1. The Morgan fingerprint density at radius 2 is 2.24 bits per heavy atom. The van der Waals surface area contributed by atoms with Crippen molar-refractivity contribution in [2.24, 2.45) is 7.05 Å². The summed E-state index contributed by atoms with van der Waals surface area (Å²) in [5, 5.41) is 7.51. The van der Waals surface area contributed by atoms with Gasteiger partial charge in [-0.1, -0.05) is 6.92 Å². The van der Waals surface area contributed by atoms with Gasteiger partial charge in [0.1, 0.15) is 5.82 Å². The summed E-state index contributed by atoms with van der Waals surface area (Å²) in [5.41, 5.74) is 1.20. The lowest BCUT2D eigenvalue weighted by Gasteiger charge is -2.06. The minimum atomic E-state index is 0.794. The van der Waals surface area contributed by atoms with Gasteiger partial charge < -0.3 is 9.88 Å². The summed E-state index contributed by atoms with van der Waals surface area (Å²) in [6.45, 7) is 4.82. The van der Waals surface area contributed by atoms with Crippen molar-refractivity contribution in [1.82, 2.24) is 24.6 Å². The molecule has 1 N–H and O–H groups in total. The second-order valence-electron chi connectivity index (χ2n) is 4.16. The minimum absolute atomic E-state index is 0.794. The molecule has 0 fully saturated rings. The van der Waals surface area contributed by atoms with Crippen LogP contribution in [0.15, 0.2) is 24.8 Å². The van der Waals surface area contributed by atoms with Crippen molar-refractivity contribution in [1.29, 1.82) is 0 Å². The zero-order chi connectivity index (χ0) is 12.1. The fraction of sp³-hybridized carbons (Fsp3) is 0.500. The first kappa shape index (κ1) is 11.9. The van der Waals surface area contributed by atoms with E-state index >= 15 is 0 Å². The average Bonchev–Trinajstić information content (AvgIpc) is 2.90. The van der Waals surface area contributed by atoms with Crippen LogP contribution in [0.5, 0.6) is 0 Å². The maximum Gasteiger partial charge on any atom is 0.122 e. The zero-order valence-electron chi connectivity index (χ0n) is 10.4. The van der Waals surface area contributed by atoms with Crippen LogP contribution in [-0.4, -0.2) is 19.3 Å². The van der Waals surface area contributed by atoms with Gasteiger partial charge in [0.2, 0.25) is 0 Å². The van der Waals surface area contributed by atoms with Crippen molar-refractivity contribution in [2.75, 3.05) is 0 Å². The molecule has 0 unspecified atom stereocenters. The largest absolute Gasteiger partial charge is 0.334 e. The van der Waals surface area contributed by atoms with Crippen LogP contribution in [-0.2, 0) is 26.7 Å². The van der Waals surface area contributed by atoms with Crippen LogP contribution in [0.1, 0.15) is 24.7 Å². The van der Waals surface area contributed by atoms with Crippen LogP contribution in [0.3, 0.4) is 0 Å². The van der Waals surface area contributed by atoms with Crippen molar-refractivity contribution >= 4 is 0 Å². The second kappa shape index (κ2) is 5.63. The lowest BCUT2D eigenvalue weighted by Crippen LogP contribution is -2.16. The molecule has 92 valence electrons. The Morgan fingerprint density at radius 3 is 2.94 bits per heavy atom. The topological polar surface area (TPSA) is 47.7 Å². The first-order valence-electron chi connectivity index (χ1n) is 5.98. The van der Waals surface area contributed by atoms with Crippen molar-refractivity contribution < 1.29 is 0 Å². The SMILES string of the molecule is CCCn1ccnc1CNCc1cnn(C)c1. The Kier molecular flexibility index (Phi) is 3.93. The molecule has 0 atom stereocenters. The fourth-order valence-corrected chi connectivity index (χ4v) is 1.83. The quantitative estimate of drug-likeness (QED) is 0.818. The van der Waals surface area contributed by atoms with Crippen molar-refractivity contribution in [3.8, 4) is 0 Å². The van der Waals surface area contributed by atoms with Gasteiger partial charge in [0.25, 0.3) is 0 Å². The highest BCUT2D eigenvalue weighted by atomic mass is 15.2. The summed E-state index contributed by atoms with van der Waals surface area (Å²) in [5.74, 6) is 1.09. The minimum Gasteiger partial charge on any atom is -0.334 e. The second-order valence-corrected chi connectivity index (χ2v) is 4.16. The van der Waals surface area contributed by atoms with Gasteiger partial charge in [-0.2, -0.15) is 5.10 Å². The van der Waals surface area contributed by atoms with Gasteiger partial charge in [-0.05, 0) is 6.42 Å². The third-order valence-corrected chi connectivity index (χ3v) is 2.64. The van der Waals surface area contributed by atoms with Crippen LogP contribution in [0.4, 0.5) is 0 Å². The van der Waals surface area contributed by atoms with Crippen molar-refractivity contribution in [2.45, 2.75) is 33.0 Å².